The molecular weight excluding hydrogens is 414 g/mol. The Morgan fingerprint density at radius 1 is 1.10 bits per heavy atom. The van der Waals surface area contributed by atoms with Gasteiger partial charge in [-0.1, -0.05) is 18.2 Å². The first-order valence-electron chi connectivity index (χ1n) is 8.63. The molecule has 0 fully saturated rings. The molecule has 0 aromatic heterocycles. The average Bonchev–Trinajstić information content (AvgIpc) is 2.69. The highest BCUT2D eigenvalue weighted by molar-refractivity contribution is 8.13. The Kier molecular flexibility index (Phi) is 8.21. The second-order valence-electron chi connectivity index (χ2n) is 6.13. The highest BCUT2D eigenvalue weighted by Gasteiger charge is 2.17. The number of hydrogen-bond donors (Lipinski definition) is 2. The molecule has 0 aliphatic heterocycles. The third-order valence-electron chi connectivity index (χ3n) is 3.70. The van der Waals surface area contributed by atoms with E-state index in [0.717, 1.165) is 11.8 Å². The molecule has 0 atom stereocenters. The molecule has 0 saturated carbocycles. The van der Waals surface area contributed by atoms with Crippen molar-refractivity contribution < 1.29 is 22.7 Å². The molecule has 0 saturated heterocycles. The molecule has 0 radical (unpaired) electrons. The van der Waals surface area contributed by atoms with Gasteiger partial charge in [0, 0.05) is 38.2 Å². The second kappa shape index (κ2) is 10.4. The van der Waals surface area contributed by atoms with Crippen LogP contribution >= 0.6 is 11.8 Å². The zero-order valence-electron chi connectivity index (χ0n) is 16.3. The Bertz CT molecular complexity index is 977. The predicted molar refractivity (Wildman–Crippen MR) is 113 cm³/mol. The predicted octanol–water partition coefficient (Wildman–Crippen LogP) is 2.64. The fourth-order valence-corrected chi connectivity index (χ4v) is 4.01. The van der Waals surface area contributed by atoms with E-state index in [9.17, 15) is 18.0 Å². The molecule has 0 bridgehead atoms. The molecular formula is C19H23N3O5S2. The van der Waals surface area contributed by atoms with Gasteiger partial charge in [0.05, 0.1) is 17.2 Å². The number of amides is 2. The Hall–Kier alpha value is -2.40. The summed E-state index contributed by atoms with van der Waals surface area (Å²) in [5.74, 6) is -0.482. The number of anilines is 1. The number of benzene rings is 2. The van der Waals surface area contributed by atoms with Crippen LogP contribution < -0.4 is 10.0 Å². The molecule has 0 spiro atoms. The van der Waals surface area contributed by atoms with Crippen LogP contribution in [-0.2, 0) is 14.8 Å². The number of hydrogen-bond acceptors (Lipinski definition) is 6. The van der Waals surface area contributed by atoms with Crippen LogP contribution in [0.5, 0.6) is 0 Å². The molecule has 2 N–H and O–H groups in total. The highest BCUT2D eigenvalue weighted by atomic mass is 32.2. The third-order valence-corrected chi connectivity index (χ3v) is 6.28. The van der Waals surface area contributed by atoms with Crippen LogP contribution in [0.15, 0.2) is 58.3 Å². The van der Waals surface area contributed by atoms with Crippen LogP contribution in [0.2, 0.25) is 0 Å². The minimum Gasteiger partial charge on any atom is -0.383 e. The lowest BCUT2D eigenvalue weighted by molar-refractivity contribution is 0.102. The molecule has 0 aliphatic carbocycles. The van der Waals surface area contributed by atoms with E-state index in [0.29, 0.717) is 10.6 Å². The van der Waals surface area contributed by atoms with Crippen molar-refractivity contribution in [3.63, 3.8) is 0 Å². The van der Waals surface area contributed by atoms with Gasteiger partial charge in [-0.2, -0.15) is 0 Å². The summed E-state index contributed by atoms with van der Waals surface area (Å²) in [5, 5.41) is 2.56. The van der Waals surface area contributed by atoms with Crippen molar-refractivity contribution in [1.82, 2.24) is 9.62 Å². The molecule has 8 nitrogen and oxygen atoms in total. The summed E-state index contributed by atoms with van der Waals surface area (Å²) in [4.78, 5) is 26.7. The summed E-state index contributed by atoms with van der Waals surface area (Å²) in [6, 6.07) is 12.6. The van der Waals surface area contributed by atoms with Crippen LogP contribution in [0.4, 0.5) is 10.5 Å². The lowest BCUT2D eigenvalue weighted by Gasteiger charge is -2.13. The van der Waals surface area contributed by atoms with Gasteiger partial charge in [-0.25, -0.2) is 13.1 Å². The fourth-order valence-electron chi connectivity index (χ4n) is 2.20. The maximum Gasteiger partial charge on any atom is 0.286 e. The van der Waals surface area contributed by atoms with Crippen LogP contribution in [0.3, 0.4) is 0 Å². The number of nitrogens with one attached hydrogen (secondary N) is 2. The summed E-state index contributed by atoms with van der Waals surface area (Å²) in [6.07, 6.45) is 0. The summed E-state index contributed by atoms with van der Waals surface area (Å²) in [5.41, 5.74) is 0.641. The van der Waals surface area contributed by atoms with Gasteiger partial charge in [-0.3, -0.25) is 9.59 Å². The Morgan fingerprint density at radius 2 is 1.83 bits per heavy atom. The summed E-state index contributed by atoms with van der Waals surface area (Å²) in [7, 11) is 0.998. The first-order chi connectivity index (χ1) is 13.7. The van der Waals surface area contributed by atoms with Gasteiger partial charge in [0.2, 0.25) is 10.0 Å². The smallest absolute Gasteiger partial charge is 0.286 e. The maximum atomic E-state index is 12.7. The van der Waals surface area contributed by atoms with E-state index in [4.69, 9.17) is 4.74 Å². The lowest BCUT2D eigenvalue weighted by Crippen LogP contribution is -2.27. The molecule has 2 rings (SSSR count). The topological polar surface area (TPSA) is 105 Å². The van der Waals surface area contributed by atoms with E-state index in [-0.39, 0.29) is 28.8 Å². The average molecular weight is 438 g/mol. The van der Waals surface area contributed by atoms with Gasteiger partial charge in [-0.05, 0) is 42.1 Å². The normalized spacial score (nSPS) is 11.1. The van der Waals surface area contributed by atoms with Crippen LogP contribution in [0.25, 0.3) is 0 Å². The van der Waals surface area contributed by atoms with Crippen molar-refractivity contribution in [2.24, 2.45) is 0 Å². The number of rotatable bonds is 8. The molecule has 29 heavy (non-hydrogen) atoms. The van der Waals surface area contributed by atoms with Crippen molar-refractivity contribution in [3.8, 4) is 0 Å². The minimum absolute atomic E-state index is 0.0216. The zero-order valence-corrected chi connectivity index (χ0v) is 18.0. The largest absolute Gasteiger partial charge is 0.383 e. The van der Waals surface area contributed by atoms with Crippen LogP contribution in [-0.4, -0.2) is 58.8 Å². The van der Waals surface area contributed by atoms with E-state index < -0.39 is 15.9 Å². The summed E-state index contributed by atoms with van der Waals surface area (Å²) >= 11 is 0.989. The molecule has 2 amide bonds. The lowest BCUT2D eigenvalue weighted by atomic mass is 10.2. The van der Waals surface area contributed by atoms with Gasteiger partial charge in [0.15, 0.2) is 0 Å². The van der Waals surface area contributed by atoms with Gasteiger partial charge >= 0.3 is 0 Å². The van der Waals surface area contributed by atoms with Gasteiger partial charge in [0.1, 0.15) is 0 Å². The van der Waals surface area contributed by atoms with Crippen molar-refractivity contribution in [2.45, 2.75) is 9.79 Å². The van der Waals surface area contributed by atoms with Crippen molar-refractivity contribution in [1.29, 1.82) is 0 Å². The van der Waals surface area contributed by atoms with Crippen molar-refractivity contribution in [3.05, 3.63) is 54.1 Å². The summed E-state index contributed by atoms with van der Waals surface area (Å²) in [6.45, 7) is 0.360. The Labute approximate surface area is 174 Å². The molecule has 0 aliphatic rings. The molecule has 156 valence electrons. The molecule has 2 aromatic carbocycles. The van der Waals surface area contributed by atoms with Gasteiger partial charge in [0.25, 0.3) is 11.1 Å². The number of thioether (sulfide) groups is 1. The van der Waals surface area contributed by atoms with Crippen molar-refractivity contribution >= 4 is 38.6 Å². The molecule has 10 heteroatoms. The number of carbonyl (C=O) groups is 2. The number of carbonyl (C=O) groups excluding carboxylic acids is 2. The van der Waals surface area contributed by atoms with Crippen molar-refractivity contribution in [2.75, 3.05) is 39.7 Å². The quantitative estimate of drug-likeness (QED) is 0.486. The van der Waals surface area contributed by atoms with E-state index >= 15 is 0 Å². The monoisotopic (exact) mass is 437 g/mol. The van der Waals surface area contributed by atoms with E-state index in [1.54, 1.807) is 38.4 Å². The zero-order chi connectivity index (χ0) is 21.4. The first-order valence-corrected chi connectivity index (χ1v) is 10.9. The molecule has 0 unspecified atom stereocenters. The number of nitrogens with zero attached hydrogens (tertiary/aromatic N) is 1. The minimum atomic E-state index is -3.76. The fraction of sp³-hybridized carbons (Fsp3) is 0.263. The van der Waals surface area contributed by atoms with Crippen LogP contribution in [0.1, 0.15) is 10.4 Å². The maximum absolute atomic E-state index is 12.7. The van der Waals surface area contributed by atoms with E-state index in [1.807, 2.05) is 0 Å². The number of sulfonamides is 1. The Morgan fingerprint density at radius 3 is 2.52 bits per heavy atom. The Balaban J connectivity index is 2.19. The molecule has 2 aromatic rings. The summed E-state index contributed by atoms with van der Waals surface area (Å²) < 4.78 is 31.9. The highest BCUT2D eigenvalue weighted by Crippen LogP contribution is 2.29. The van der Waals surface area contributed by atoms with Crippen LogP contribution in [0, 0.1) is 0 Å². The third kappa shape index (κ3) is 6.57. The van der Waals surface area contributed by atoms with Gasteiger partial charge < -0.3 is 15.0 Å². The van der Waals surface area contributed by atoms with Gasteiger partial charge in [-0.15, -0.1) is 0 Å². The number of methoxy groups -OCH3 is 1. The number of ether oxygens (including phenoxy) is 1. The van der Waals surface area contributed by atoms with E-state index in [2.05, 4.69) is 10.0 Å². The second-order valence-corrected chi connectivity index (χ2v) is 8.89. The first kappa shape index (κ1) is 22.9. The standard InChI is InChI=1S/C19H23N3O5S2/c1-22(2)19(24)28-17-10-5-4-9-16(17)21-18(23)14-7-6-8-15(13-14)29(25,26)20-11-12-27-3/h4-10,13,20H,11-12H2,1-3H3,(H,21,23). The SMILES string of the molecule is COCCNS(=O)(=O)c1cccc(C(=O)Nc2ccccc2SC(=O)N(C)C)c1. The number of para-hydroxylation sites is 1. The van der Waals surface area contributed by atoms with E-state index in [1.165, 1.54) is 36.3 Å². The molecule has 0 heterocycles.